The van der Waals surface area contributed by atoms with Crippen molar-refractivity contribution in [1.29, 1.82) is 0 Å². The van der Waals surface area contributed by atoms with Crippen molar-refractivity contribution in [1.82, 2.24) is 5.32 Å². The number of hydrogen-bond acceptors (Lipinski definition) is 3. The first-order chi connectivity index (χ1) is 10.5. The zero-order valence-corrected chi connectivity index (χ0v) is 13.3. The SMILES string of the molecule is COC(=O)C1CC=CCC1(C)C(=O)NC(C)c1ccccc1. The Labute approximate surface area is 131 Å². The zero-order chi connectivity index (χ0) is 16.2. The number of allylic oxidation sites excluding steroid dienone is 2. The molecule has 4 nitrogen and oxygen atoms in total. The van der Waals surface area contributed by atoms with Crippen molar-refractivity contribution in [2.45, 2.75) is 32.7 Å². The molecular formula is C18H23NO3. The van der Waals surface area contributed by atoms with Crippen molar-refractivity contribution in [2.75, 3.05) is 7.11 Å². The predicted molar refractivity (Wildman–Crippen MR) is 85.0 cm³/mol. The van der Waals surface area contributed by atoms with Crippen LogP contribution in [0.5, 0.6) is 0 Å². The van der Waals surface area contributed by atoms with Crippen LogP contribution in [-0.2, 0) is 14.3 Å². The van der Waals surface area contributed by atoms with Gasteiger partial charge in [0, 0.05) is 0 Å². The molecule has 0 saturated heterocycles. The molecule has 1 amide bonds. The normalized spacial score (nSPS) is 25.3. The molecule has 3 atom stereocenters. The van der Waals surface area contributed by atoms with Gasteiger partial charge in [0.25, 0.3) is 0 Å². The number of nitrogens with one attached hydrogen (secondary N) is 1. The van der Waals surface area contributed by atoms with Crippen molar-refractivity contribution < 1.29 is 14.3 Å². The van der Waals surface area contributed by atoms with Gasteiger partial charge < -0.3 is 10.1 Å². The summed E-state index contributed by atoms with van der Waals surface area (Å²) in [6, 6.07) is 9.69. The Morgan fingerprint density at radius 3 is 2.59 bits per heavy atom. The number of carbonyl (C=O) groups excluding carboxylic acids is 2. The molecule has 0 bridgehead atoms. The molecular weight excluding hydrogens is 278 g/mol. The molecule has 1 aliphatic rings. The van der Waals surface area contributed by atoms with Crippen LogP contribution in [0.1, 0.15) is 38.3 Å². The number of ether oxygens (including phenoxy) is 1. The zero-order valence-electron chi connectivity index (χ0n) is 13.3. The van der Waals surface area contributed by atoms with E-state index in [-0.39, 0.29) is 17.9 Å². The van der Waals surface area contributed by atoms with Crippen molar-refractivity contribution in [3.8, 4) is 0 Å². The molecule has 3 unspecified atom stereocenters. The second-order valence-corrected chi connectivity index (χ2v) is 6.01. The Morgan fingerprint density at radius 2 is 1.95 bits per heavy atom. The molecule has 0 heterocycles. The Bertz CT molecular complexity index is 567. The fraction of sp³-hybridized carbons (Fsp3) is 0.444. The lowest BCUT2D eigenvalue weighted by Crippen LogP contribution is -2.48. The standard InChI is InChI=1S/C18H23NO3/c1-13(14-9-5-4-6-10-14)19-17(21)18(2)12-8-7-11-15(18)16(20)22-3/h4-10,13,15H,11-12H2,1-3H3,(H,19,21). The van der Waals surface area contributed by atoms with E-state index in [4.69, 9.17) is 4.74 Å². The summed E-state index contributed by atoms with van der Waals surface area (Å²) in [6.07, 6.45) is 4.99. The highest BCUT2D eigenvalue weighted by molar-refractivity contribution is 5.89. The molecule has 0 aliphatic heterocycles. The first-order valence-corrected chi connectivity index (χ1v) is 7.57. The Hall–Kier alpha value is -2.10. The second-order valence-electron chi connectivity index (χ2n) is 6.01. The third-order valence-corrected chi connectivity index (χ3v) is 4.50. The van der Waals surface area contributed by atoms with Crippen molar-refractivity contribution in [2.24, 2.45) is 11.3 Å². The highest BCUT2D eigenvalue weighted by Crippen LogP contribution is 2.39. The molecule has 4 heteroatoms. The summed E-state index contributed by atoms with van der Waals surface area (Å²) < 4.78 is 4.87. The monoisotopic (exact) mass is 301 g/mol. The number of esters is 1. The van der Waals surface area contributed by atoms with Gasteiger partial charge in [0.05, 0.1) is 24.5 Å². The minimum absolute atomic E-state index is 0.102. The van der Waals surface area contributed by atoms with Crippen LogP contribution in [0.2, 0.25) is 0 Å². The van der Waals surface area contributed by atoms with E-state index in [0.29, 0.717) is 12.8 Å². The average molecular weight is 301 g/mol. The van der Waals surface area contributed by atoms with E-state index in [1.54, 1.807) is 0 Å². The van der Waals surface area contributed by atoms with E-state index in [1.807, 2.05) is 56.3 Å². The van der Waals surface area contributed by atoms with Gasteiger partial charge in [-0.25, -0.2) is 0 Å². The highest BCUT2D eigenvalue weighted by Gasteiger charge is 2.46. The van der Waals surface area contributed by atoms with Crippen LogP contribution in [0, 0.1) is 11.3 Å². The van der Waals surface area contributed by atoms with Crippen LogP contribution in [0.4, 0.5) is 0 Å². The van der Waals surface area contributed by atoms with E-state index < -0.39 is 11.3 Å². The number of benzene rings is 1. The number of amides is 1. The first-order valence-electron chi connectivity index (χ1n) is 7.57. The smallest absolute Gasteiger partial charge is 0.310 e. The van der Waals surface area contributed by atoms with Crippen LogP contribution < -0.4 is 5.32 Å². The highest BCUT2D eigenvalue weighted by atomic mass is 16.5. The lowest BCUT2D eigenvalue weighted by atomic mass is 9.69. The molecule has 1 aromatic rings. The predicted octanol–water partition coefficient (Wildman–Crippen LogP) is 3.01. The summed E-state index contributed by atoms with van der Waals surface area (Å²) in [7, 11) is 1.37. The second kappa shape index (κ2) is 6.77. The molecule has 22 heavy (non-hydrogen) atoms. The quantitative estimate of drug-likeness (QED) is 0.687. The summed E-state index contributed by atoms with van der Waals surface area (Å²) in [5, 5.41) is 3.03. The number of rotatable bonds is 4. The van der Waals surface area contributed by atoms with Crippen LogP contribution in [-0.4, -0.2) is 19.0 Å². The van der Waals surface area contributed by atoms with Crippen LogP contribution in [0.15, 0.2) is 42.5 Å². The molecule has 0 fully saturated rings. The van der Waals surface area contributed by atoms with Gasteiger partial charge in [0.2, 0.25) is 5.91 Å². The van der Waals surface area contributed by atoms with E-state index in [1.165, 1.54) is 7.11 Å². The molecule has 0 radical (unpaired) electrons. The third kappa shape index (κ3) is 3.21. The molecule has 1 N–H and O–H groups in total. The summed E-state index contributed by atoms with van der Waals surface area (Å²) >= 11 is 0. The minimum Gasteiger partial charge on any atom is -0.469 e. The number of carbonyl (C=O) groups is 2. The molecule has 0 aromatic heterocycles. The Kier molecular flexibility index (Phi) is 5.01. The summed E-state index contributed by atoms with van der Waals surface area (Å²) in [5.41, 5.74) is 0.269. The first kappa shape index (κ1) is 16.3. The van der Waals surface area contributed by atoms with Crippen LogP contribution in [0.3, 0.4) is 0 Å². The van der Waals surface area contributed by atoms with Crippen molar-refractivity contribution >= 4 is 11.9 Å². The van der Waals surface area contributed by atoms with Gasteiger partial charge in [0.1, 0.15) is 0 Å². The maximum absolute atomic E-state index is 12.8. The van der Waals surface area contributed by atoms with Gasteiger partial charge in [-0.15, -0.1) is 0 Å². The molecule has 1 aliphatic carbocycles. The van der Waals surface area contributed by atoms with E-state index in [9.17, 15) is 9.59 Å². The summed E-state index contributed by atoms with van der Waals surface area (Å²) in [6.45, 7) is 3.79. The van der Waals surface area contributed by atoms with Gasteiger partial charge in [-0.1, -0.05) is 42.5 Å². The Morgan fingerprint density at radius 1 is 1.27 bits per heavy atom. The lowest BCUT2D eigenvalue weighted by molar-refractivity contribution is -0.155. The number of hydrogen-bond donors (Lipinski definition) is 1. The van der Waals surface area contributed by atoms with Crippen molar-refractivity contribution in [3.05, 3.63) is 48.0 Å². The molecule has 0 spiro atoms. The van der Waals surface area contributed by atoms with Gasteiger partial charge in [-0.2, -0.15) is 0 Å². The van der Waals surface area contributed by atoms with Crippen molar-refractivity contribution in [3.63, 3.8) is 0 Å². The van der Waals surface area contributed by atoms with E-state index >= 15 is 0 Å². The maximum atomic E-state index is 12.8. The fourth-order valence-corrected chi connectivity index (χ4v) is 2.90. The third-order valence-electron chi connectivity index (χ3n) is 4.50. The van der Waals surface area contributed by atoms with Gasteiger partial charge in [0.15, 0.2) is 0 Å². The van der Waals surface area contributed by atoms with E-state index in [2.05, 4.69) is 5.32 Å². The molecule has 2 rings (SSSR count). The Balaban J connectivity index is 2.15. The maximum Gasteiger partial charge on any atom is 0.310 e. The average Bonchev–Trinajstić information content (AvgIpc) is 2.55. The van der Waals surface area contributed by atoms with Gasteiger partial charge >= 0.3 is 5.97 Å². The topological polar surface area (TPSA) is 55.4 Å². The largest absolute Gasteiger partial charge is 0.469 e. The fourth-order valence-electron chi connectivity index (χ4n) is 2.90. The molecule has 118 valence electrons. The van der Waals surface area contributed by atoms with Gasteiger partial charge in [-0.3, -0.25) is 9.59 Å². The van der Waals surface area contributed by atoms with Crippen LogP contribution in [0.25, 0.3) is 0 Å². The molecule has 0 saturated carbocycles. The summed E-state index contributed by atoms with van der Waals surface area (Å²) in [4.78, 5) is 24.8. The van der Waals surface area contributed by atoms with Crippen LogP contribution >= 0.6 is 0 Å². The minimum atomic E-state index is -0.773. The molecule has 1 aromatic carbocycles. The number of methoxy groups -OCH3 is 1. The van der Waals surface area contributed by atoms with E-state index in [0.717, 1.165) is 5.56 Å². The van der Waals surface area contributed by atoms with Gasteiger partial charge in [-0.05, 0) is 32.3 Å². The summed E-state index contributed by atoms with van der Waals surface area (Å²) in [5.74, 6) is -0.872. The lowest BCUT2D eigenvalue weighted by Gasteiger charge is -2.36.